The number of nitrogens with zero attached hydrogens (tertiary/aromatic N) is 2. The summed E-state index contributed by atoms with van der Waals surface area (Å²) in [5.41, 5.74) is -0.0610. The standard InChI is InChI=1S/C12H17N3O4/c1-12(2,3)19-11(18)15-9(10(16)17)4-8-5-13-7-14-6-8/h5-7,9H,4H2,1-3H3,(H,15,18)(H,16,17). The fraction of sp³-hybridized carbons (Fsp3) is 0.500. The number of aromatic nitrogens is 2. The molecule has 1 unspecified atom stereocenters. The fourth-order valence-corrected chi connectivity index (χ4v) is 1.32. The number of nitrogens with one attached hydrogen (secondary N) is 1. The number of hydrogen-bond acceptors (Lipinski definition) is 5. The number of amides is 1. The van der Waals surface area contributed by atoms with Crippen molar-refractivity contribution < 1.29 is 19.4 Å². The molecular weight excluding hydrogens is 250 g/mol. The van der Waals surface area contributed by atoms with Gasteiger partial charge >= 0.3 is 12.1 Å². The fourth-order valence-electron chi connectivity index (χ4n) is 1.32. The minimum atomic E-state index is -1.14. The molecule has 0 spiro atoms. The number of carbonyl (C=O) groups is 2. The van der Waals surface area contributed by atoms with E-state index in [2.05, 4.69) is 15.3 Å². The van der Waals surface area contributed by atoms with Crippen molar-refractivity contribution in [3.05, 3.63) is 24.3 Å². The first-order valence-corrected chi connectivity index (χ1v) is 5.74. The average Bonchev–Trinajstić information content (AvgIpc) is 2.26. The minimum Gasteiger partial charge on any atom is -0.480 e. The van der Waals surface area contributed by atoms with Gasteiger partial charge in [-0.05, 0) is 26.3 Å². The molecule has 0 bridgehead atoms. The lowest BCUT2D eigenvalue weighted by molar-refractivity contribution is -0.139. The summed E-state index contributed by atoms with van der Waals surface area (Å²) in [6.07, 6.45) is 3.67. The van der Waals surface area contributed by atoms with Gasteiger partial charge in [-0.15, -0.1) is 0 Å². The Kier molecular flexibility index (Phi) is 4.80. The summed E-state index contributed by atoms with van der Waals surface area (Å²) < 4.78 is 5.01. The van der Waals surface area contributed by atoms with Gasteiger partial charge in [0, 0.05) is 18.8 Å². The third-order valence-electron chi connectivity index (χ3n) is 2.04. The zero-order valence-electron chi connectivity index (χ0n) is 11.1. The van der Waals surface area contributed by atoms with Crippen LogP contribution >= 0.6 is 0 Å². The van der Waals surface area contributed by atoms with Crippen LogP contribution in [-0.2, 0) is 16.0 Å². The van der Waals surface area contributed by atoms with Crippen LogP contribution < -0.4 is 5.32 Å². The summed E-state index contributed by atoms with van der Waals surface area (Å²) in [6.45, 7) is 5.11. The molecule has 1 aromatic heterocycles. The maximum Gasteiger partial charge on any atom is 0.408 e. The van der Waals surface area contributed by atoms with Crippen LogP contribution in [0, 0.1) is 0 Å². The van der Waals surface area contributed by atoms with Crippen LogP contribution in [0.25, 0.3) is 0 Å². The highest BCUT2D eigenvalue weighted by Crippen LogP contribution is 2.07. The topological polar surface area (TPSA) is 101 Å². The van der Waals surface area contributed by atoms with Crippen molar-refractivity contribution in [1.29, 1.82) is 0 Å². The summed E-state index contributed by atoms with van der Waals surface area (Å²) in [7, 11) is 0. The van der Waals surface area contributed by atoms with E-state index in [1.165, 1.54) is 18.7 Å². The van der Waals surface area contributed by atoms with Crippen LogP contribution in [0.3, 0.4) is 0 Å². The smallest absolute Gasteiger partial charge is 0.408 e. The van der Waals surface area contributed by atoms with Crippen LogP contribution in [0.4, 0.5) is 4.79 Å². The van der Waals surface area contributed by atoms with Crippen LogP contribution in [0.15, 0.2) is 18.7 Å². The van der Waals surface area contributed by atoms with Gasteiger partial charge in [0.1, 0.15) is 18.0 Å². The molecule has 1 rings (SSSR count). The molecule has 2 N–H and O–H groups in total. The first-order chi connectivity index (χ1) is 8.78. The average molecular weight is 267 g/mol. The molecule has 19 heavy (non-hydrogen) atoms. The summed E-state index contributed by atoms with van der Waals surface area (Å²) in [6, 6.07) is -1.08. The van der Waals surface area contributed by atoms with Crippen molar-refractivity contribution in [3.63, 3.8) is 0 Å². The Morgan fingerprint density at radius 3 is 2.42 bits per heavy atom. The number of carboxylic acid groups (broad SMARTS) is 1. The van der Waals surface area contributed by atoms with Crippen molar-refractivity contribution in [2.75, 3.05) is 0 Å². The van der Waals surface area contributed by atoms with E-state index in [9.17, 15) is 9.59 Å². The minimum absolute atomic E-state index is 0.0927. The molecule has 7 heteroatoms. The van der Waals surface area contributed by atoms with Gasteiger partial charge in [0.05, 0.1) is 0 Å². The monoisotopic (exact) mass is 267 g/mol. The van der Waals surface area contributed by atoms with Crippen LogP contribution in [0.2, 0.25) is 0 Å². The molecule has 0 radical (unpaired) electrons. The predicted molar refractivity (Wildman–Crippen MR) is 66.5 cm³/mol. The van der Waals surface area contributed by atoms with Crippen molar-refractivity contribution in [2.45, 2.75) is 38.8 Å². The van der Waals surface area contributed by atoms with E-state index >= 15 is 0 Å². The summed E-state index contributed by atoms with van der Waals surface area (Å²) in [5.74, 6) is -1.14. The van der Waals surface area contributed by atoms with Gasteiger partial charge in [-0.25, -0.2) is 19.6 Å². The van der Waals surface area contributed by atoms with Crippen molar-refractivity contribution in [2.24, 2.45) is 0 Å². The van der Waals surface area contributed by atoms with E-state index in [1.54, 1.807) is 20.8 Å². The van der Waals surface area contributed by atoms with E-state index in [-0.39, 0.29) is 6.42 Å². The molecule has 1 atom stereocenters. The van der Waals surface area contributed by atoms with Gasteiger partial charge in [0.25, 0.3) is 0 Å². The first kappa shape index (κ1) is 14.9. The second kappa shape index (κ2) is 6.12. The van der Waals surface area contributed by atoms with Crippen molar-refractivity contribution in [1.82, 2.24) is 15.3 Å². The Morgan fingerprint density at radius 1 is 1.37 bits per heavy atom. The summed E-state index contributed by atoms with van der Waals surface area (Å²) in [4.78, 5) is 30.2. The molecule has 0 fully saturated rings. The van der Waals surface area contributed by atoms with Gasteiger partial charge in [-0.1, -0.05) is 0 Å². The van der Waals surface area contributed by atoms with Gasteiger partial charge < -0.3 is 15.2 Å². The van der Waals surface area contributed by atoms with Crippen LogP contribution in [0.1, 0.15) is 26.3 Å². The van der Waals surface area contributed by atoms with E-state index < -0.39 is 23.7 Å². The number of carbonyl (C=O) groups excluding carboxylic acids is 1. The van der Waals surface area contributed by atoms with E-state index in [4.69, 9.17) is 9.84 Å². The maximum atomic E-state index is 11.5. The molecule has 104 valence electrons. The maximum absolute atomic E-state index is 11.5. The highest BCUT2D eigenvalue weighted by molar-refractivity contribution is 5.80. The Balaban J connectivity index is 2.64. The lowest BCUT2D eigenvalue weighted by Gasteiger charge is -2.21. The van der Waals surface area contributed by atoms with Crippen LogP contribution in [0.5, 0.6) is 0 Å². The highest BCUT2D eigenvalue weighted by atomic mass is 16.6. The molecule has 1 heterocycles. The Labute approximate surface area is 111 Å². The number of hydrogen-bond donors (Lipinski definition) is 2. The third-order valence-corrected chi connectivity index (χ3v) is 2.04. The second-order valence-corrected chi connectivity index (χ2v) is 4.99. The molecule has 1 amide bonds. The second-order valence-electron chi connectivity index (χ2n) is 4.99. The van der Waals surface area contributed by atoms with Crippen molar-refractivity contribution >= 4 is 12.1 Å². The molecule has 0 aliphatic heterocycles. The zero-order valence-corrected chi connectivity index (χ0v) is 11.1. The SMILES string of the molecule is CC(C)(C)OC(=O)NC(Cc1cncnc1)C(=O)O. The van der Waals surface area contributed by atoms with E-state index in [1.807, 2.05) is 0 Å². The lowest BCUT2D eigenvalue weighted by atomic mass is 10.1. The summed E-state index contributed by atoms with van der Waals surface area (Å²) in [5, 5.41) is 11.4. The Morgan fingerprint density at radius 2 is 1.95 bits per heavy atom. The highest BCUT2D eigenvalue weighted by Gasteiger charge is 2.24. The van der Waals surface area contributed by atoms with Gasteiger partial charge in [0.15, 0.2) is 0 Å². The Hall–Kier alpha value is -2.18. The van der Waals surface area contributed by atoms with Crippen LogP contribution in [-0.4, -0.2) is 38.8 Å². The van der Waals surface area contributed by atoms with Gasteiger partial charge in [-0.2, -0.15) is 0 Å². The number of rotatable bonds is 4. The number of alkyl carbamates (subject to hydrolysis) is 1. The van der Waals surface area contributed by atoms with Gasteiger partial charge in [-0.3, -0.25) is 0 Å². The quantitative estimate of drug-likeness (QED) is 0.843. The molecule has 1 aromatic rings. The number of carboxylic acids is 1. The van der Waals surface area contributed by atoms with E-state index in [0.717, 1.165) is 0 Å². The molecule has 7 nitrogen and oxygen atoms in total. The molecule has 0 aliphatic rings. The molecular formula is C12H17N3O4. The molecule has 0 saturated heterocycles. The Bertz CT molecular complexity index is 442. The molecule has 0 saturated carbocycles. The number of ether oxygens (including phenoxy) is 1. The van der Waals surface area contributed by atoms with Gasteiger partial charge in [0.2, 0.25) is 0 Å². The third kappa shape index (κ3) is 5.80. The predicted octanol–water partition coefficient (Wildman–Crippen LogP) is 0.997. The largest absolute Gasteiger partial charge is 0.480 e. The summed E-state index contributed by atoms with van der Waals surface area (Å²) >= 11 is 0. The first-order valence-electron chi connectivity index (χ1n) is 5.74. The van der Waals surface area contributed by atoms with Crippen molar-refractivity contribution in [3.8, 4) is 0 Å². The molecule has 0 aromatic carbocycles. The normalized spacial score (nSPS) is 12.6. The molecule has 0 aliphatic carbocycles. The zero-order chi connectivity index (χ0) is 14.5. The lowest BCUT2D eigenvalue weighted by Crippen LogP contribution is -2.44. The van der Waals surface area contributed by atoms with E-state index in [0.29, 0.717) is 5.56 Å². The number of aliphatic carboxylic acids is 1.